The molecule has 3 spiro atoms. The molecule has 3 unspecified atom stereocenters. The average Bonchev–Trinajstić information content (AvgIpc) is 1.48. The minimum Gasteiger partial charge on any atom is -0.478 e. The maximum atomic E-state index is 13.5. The normalized spacial score (nSPS) is 17.7. The Hall–Kier alpha value is -9.43. The number of carboxylic acids is 4. The Morgan fingerprint density at radius 2 is 0.686 bits per heavy atom. The fourth-order valence-corrected chi connectivity index (χ4v) is 26.2. The number of benzene rings is 6. The third-order valence-electron chi connectivity index (χ3n) is 25.4. The number of esters is 1. The van der Waals surface area contributed by atoms with Crippen molar-refractivity contribution in [2.75, 3.05) is 95.2 Å². The van der Waals surface area contributed by atoms with Gasteiger partial charge in [-0.1, -0.05) is 235 Å². The molecule has 12 rings (SSSR count). The Balaban J connectivity index is 0.000000229. The Bertz CT molecular complexity index is 5770. The minimum atomic E-state index is -4.02. The zero-order chi connectivity index (χ0) is 103. The molecule has 4 saturated carbocycles. The third kappa shape index (κ3) is 40.0. The van der Waals surface area contributed by atoms with E-state index in [4.69, 9.17) is 29.9 Å². The molecule has 2 saturated heterocycles. The SMILES string of the molecule is CCCCCCCCCS(=O)(=O)Nc1ccccc1C(=O)CS(C)(=O)=O.CCCCCCCCS(=O)(=O)Nc1ccccc1C(=O)O.CCCCCCCCS(=O)(=O)Nc1ccccc1C(=O)OC.O=C(O)c1ccccc1NS(=O)(=O)CC1C(F)(F)C12CC2.O=C(O)c1ccccc1NS(=O)(=O)CC1CCC2(CCCCC2)CO1.O=C(O)c1ccccc1NS(=O)(=O)CC1CCC2(CCCCC2)OC1. The van der Waals surface area contributed by atoms with E-state index in [1.165, 1.54) is 176 Å². The van der Waals surface area contributed by atoms with Gasteiger partial charge in [0, 0.05) is 17.2 Å². The number of ether oxygens (including phenoxy) is 3. The van der Waals surface area contributed by atoms with Crippen molar-refractivity contribution in [3.63, 3.8) is 0 Å². The van der Waals surface area contributed by atoms with Gasteiger partial charge < -0.3 is 34.6 Å². The van der Waals surface area contributed by atoms with Crippen molar-refractivity contribution >= 4 is 140 Å². The molecular weight excluding hydrogens is 1960 g/mol. The molecule has 2 heterocycles. The molecule has 6 aromatic rings. The van der Waals surface area contributed by atoms with Crippen molar-refractivity contribution in [3.05, 3.63) is 179 Å². The lowest BCUT2D eigenvalue weighted by Gasteiger charge is -2.42. The molecule has 4 aliphatic carbocycles. The summed E-state index contributed by atoms with van der Waals surface area (Å²) in [6.07, 6.45) is 35.9. The monoisotopic (exact) mass is 2090 g/mol. The van der Waals surface area contributed by atoms with E-state index in [2.05, 4.69) is 53.8 Å². The smallest absolute Gasteiger partial charge is 0.339 e. The van der Waals surface area contributed by atoms with E-state index in [0.717, 1.165) is 109 Å². The summed E-state index contributed by atoms with van der Waals surface area (Å²) < 4.78 is 227. The van der Waals surface area contributed by atoms with Crippen LogP contribution in [0, 0.1) is 22.7 Å². The molecule has 780 valence electrons. The Labute approximate surface area is 825 Å². The second-order valence-electron chi connectivity index (χ2n) is 36.9. The number of anilines is 6. The molecule has 0 radical (unpaired) electrons. The highest BCUT2D eigenvalue weighted by molar-refractivity contribution is 7.94. The Morgan fingerprint density at radius 1 is 0.371 bits per heavy atom. The quantitative estimate of drug-likeness (QED) is 0.00963. The first-order chi connectivity index (χ1) is 66.1. The van der Waals surface area contributed by atoms with Crippen LogP contribution in [0.1, 0.15) is 308 Å². The molecule has 0 bridgehead atoms. The van der Waals surface area contributed by atoms with Crippen LogP contribution < -0.4 is 28.3 Å². The number of Topliss-reactive ketones (excluding diaryl/α,β-unsaturated/α-hetero) is 1. The third-order valence-corrected chi connectivity index (χ3v) is 34.3. The van der Waals surface area contributed by atoms with Crippen molar-refractivity contribution in [2.24, 2.45) is 22.7 Å². The Kier molecular flexibility index (Phi) is 46.5. The van der Waals surface area contributed by atoms with Crippen LogP contribution in [-0.2, 0) is 84.2 Å². The molecule has 140 heavy (non-hydrogen) atoms. The summed E-state index contributed by atoms with van der Waals surface area (Å²) >= 11 is 0. The molecule has 6 aliphatic rings. The number of carboxylic acid groups (broad SMARTS) is 4. The van der Waals surface area contributed by atoms with E-state index >= 15 is 0 Å². The fraction of sp³-hybridized carbons (Fsp3) is 0.571. The predicted octanol–water partition coefficient (Wildman–Crippen LogP) is 19.2. The van der Waals surface area contributed by atoms with Gasteiger partial charge in [0.15, 0.2) is 15.6 Å². The van der Waals surface area contributed by atoms with Gasteiger partial charge in [0.25, 0.3) is 5.92 Å². The van der Waals surface area contributed by atoms with E-state index < -0.39 is 134 Å². The lowest BCUT2D eigenvalue weighted by molar-refractivity contribution is -0.116. The lowest BCUT2D eigenvalue weighted by Crippen LogP contribution is -2.42. The van der Waals surface area contributed by atoms with Gasteiger partial charge in [-0.25, -0.2) is 91.7 Å². The van der Waals surface area contributed by atoms with Crippen LogP contribution in [0.15, 0.2) is 146 Å². The van der Waals surface area contributed by atoms with E-state index in [1.54, 1.807) is 66.7 Å². The fourth-order valence-electron chi connectivity index (χ4n) is 17.5. The number of hydrogen-bond donors (Lipinski definition) is 10. The van der Waals surface area contributed by atoms with Crippen molar-refractivity contribution in [3.8, 4) is 0 Å². The van der Waals surface area contributed by atoms with E-state index in [9.17, 15) is 96.5 Å². The van der Waals surface area contributed by atoms with Gasteiger partial charge in [0.05, 0.1) is 134 Å². The van der Waals surface area contributed by atoms with E-state index in [0.29, 0.717) is 45.3 Å². The summed E-state index contributed by atoms with van der Waals surface area (Å²) in [5.74, 6) is -11.5. The van der Waals surface area contributed by atoms with Crippen LogP contribution in [0.3, 0.4) is 0 Å². The standard InChI is InChI=1S/C18H29NO5S2.2C18H25NO5S.C16H25NO4S.C15H23NO4S.C13H13F2NO4S/c1-3-4-5-6-7-8-11-14-26(23,24)19-17-13-10-9-12-16(17)18(20)15-25(2,21)22;20-17(21)15-6-2-3-7-16(15)19-25(22,23)12-14-8-11-18(13-24-14)9-4-1-5-10-18;20-17(21)15-6-2-3-7-16(15)19-25(22,23)13-14-8-11-18(24-12-14)9-4-1-5-10-18;1-3-4-5-6-7-10-13-22(19,20)17-15-12-9-8-11-14(15)16(18)21-2;1-2-3-4-5-6-9-12-21(19,20)16-14-11-8-7-10-13(14)15(17)18;14-13(15)10(12(13)5-6-12)7-21(19,20)16-9-4-2-1-3-8(9)11(17)18/h9-10,12-13,19H,3-8,11,14-15H2,1-2H3;2*2-3,6-7,14,19H,1,4-5,8-13H2,(H,20,21);8-9,11-12,17H,3-7,10,13H2,1-2H3;7-8,10-11,16H,2-6,9,12H2,1H3,(H,17,18);1-4,10,16H,5-7H2,(H,17,18). The van der Waals surface area contributed by atoms with Crippen molar-refractivity contribution in [1.82, 2.24) is 0 Å². The highest BCUT2D eigenvalue weighted by atomic mass is 32.2. The molecule has 42 heteroatoms. The van der Waals surface area contributed by atoms with Gasteiger partial charge in [-0.15, -0.1) is 0 Å². The molecular formula is C98H140F2N6O27S7. The maximum Gasteiger partial charge on any atom is 0.339 e. The number of methoxy groups -OCH3 is 1. The van der Waals surface area contributed by atoms with Gasteiger partial charge >= 0.3 is 29.8 Å². The number of aromatic carboxylic acids is 4. The topological polar surface area (TPSA) is 522 Å². The molecule has 10 N–H and O–H groups in total. The van der Waals surface area contributed by atoms with E-state index in [1.807, 2.05) is 0 Å². The molecule has 33 nitrogen and oxygen atoms in total. The number of unbranched alkanes of at least 4 members (excludes halogenated alkanes) is 16. The number of nitrogens with one attached hydrogen (secondary N) is 6. The number of halogens is 2. The predicted molar refractivity (Wildman–Crippen MR) is 540 cm³/mol. The summed E-state index contributed by atoms with van der Waals surface area (Å²) in [7, 11) is -24.1. The van der Waals surface area contributed by atoms with Crippen molar-refractivity contribution < 1.29 is 131 Å². The zero-order valence-corrected chi connectivity index (χ0v) is 86.2. The van der Waals surface area contributed by atoms with Gasteiger partial charge in [-0.05, 0) is 168 Å². The van der Waals surface area contributed by atoms with Gasteiger partial charge in [-0.2, -0.15) is 0 Å². The van der Waals surface area contributed by atoms with Crippen LogP contribution in [0.5, 0.6) is 0 Å². The molecule has 0 aromatic heterocycles. The van der Waals surface area contributed by atoms with Crippen LogP contribution in [0.2, 0.25) is 0 Å². The Morgan fingerprint density at radius 3 is 1.01 bits per heavy atom. The van der Waals surface area contributed by atoms with Crippen LogP contribution in [0.4, 0.5) is 42.9 Å². The van der Waals surface area contributed by atoms with Gasteiger partial charge in [0.2, 0.25) is 60.1 Å². The van der Waals surface area contributed by atoms with Gasteiger partial charge in [0.1, 0.15) is 5.75 Å². The maximum absolute atomic E-state index is 13.5. The molecule has 0 amide bonds. The number of rotatable bonds is 48. The van der Waals surface area contributed by atoms with Crippen LogP contribution in [-0.4, -0.2) is 199 Å². The number of hydrogen-bond acceptors (Lipinski definition) is 23. The molecule has 3 atom stereocenters. The van der Waals surface area contributed by atoms with Crippen molar-refractivity contribution in [2.45, 2.75) is 263 Å². The number of ketones is 1. The van der Waals surface area contributed by atoms with Gasteiger partial charge in [-0.3, -0.25) is 33.1 Å². The lowest BCUT2D eigenvalue weighted by atomic mass is 9.70. The highest BCUT2D eigenvalue weighted by Gasteiger charge is 2.86. The number of sulfone groups is 1. The summed E-state index contributed by atoms with van der Waals surface area (Å²) in [4.78, 5) is 68.2. The van der Waals surface area contributed by atoms with Crippen LogP contribution >= 0.6 is 0 Å². The molecule has 2 aliphatic heterocycles. The zero-order valence-electron chi connectivity index (χ0n) is 80.5. The van der Waals surface area contributed by atoms with Crippen LogP contribution in [0.25, 0.3) is 0 Å². The largest absolute Gasteiger partial charge is 0.478 e. The summed E-state index contributed by atoms with van der Waals surface area (Å²) in [6, 6.07) is 36.0. The molecule has 6 aromatic carbocycles. The van der Waals surface area contributed by atoms with E-state index in [-0.39, 0.29) is 119 Å². The summed E-state index contributed by atoms with van der Waals surface area (Å²) in [6.45, 7) is 7.53. The minimum absolute atomic E-state index is 0.0185. The summed E-state index contributed by atoms with van der Waals surface area (Å²) in [5, 5.41) is 36.3. The number of alkyl halides is 2. The number of carbonyl (C=O) groups excluding carboxylic acids is 2. The number of sulfonamides is 6. The first kappa shape index (κ1) is 118. The number of carbonyl (C=O) groups is 6. The highest BCUT2D eigenvalue weighted by Crippen LogP contribution is 2.80. The molecule has 6 fully saturated rings. The first-order valence-electron chi connectivity index (χ1n) is 48.0. The second-order valence-corrected chi connectivity index (χ2v) is 49.8. The number of para-hydroxylation sites is 6. The summed E-state index contributed by atoms with van der Waals surface area (Å²) in [5.41, 5.74) is -0.364. The average molecular weight is 2100 g/mol. The van der Waals surface area contributed by atoms with Crippen molar-refractivity contribution in [1.29, 1.82) is 0 Å². The second kappa shape index (κ2) is 55.4. The first-order valence-corrected chi connectivity index (χ1v) is 60.0.